The lowest BCUT2D eigenvalue weighted by molar-refractivity contribution is -0.142. The van der Waals surface area contributed by atoms with Crippen molar-refractivity contribution in [3.05, 3.63) is 33.4 Å². The summed E-state index contributed by atoms with van der Waals surface area (Å²) in [5, 5.41) is 14.4. The van der Waals surface area contributed by atoms with Gasteiger partial charge in [-0.2, -0.15) is 0 Å². The topological polar surface area (TPSA) is 95.5 Å². The first kappa shape index (κ1) is 19.4. The van der Waals surface area contributed by atoms with Crippen molar-refractivity contribution < 1.29 is 19.5 Å². The third kappa shape index (κ3) is 6.55. The number of carbonyl (C=O) groups excluding carboxylic acids is 2. The fraction of sp³-hybridized carbons (Fsp3) is 0.438. The van der Waals surface area contributed by atoms with Crippen LogP contribution < -0.4 is 10.6 Å². The third-order valence-electron chi connectivity index (χ3n) is 3.25. The number of hydrogen-bond donors (Lipinski definition) is 3. The summed E-state index contributed by atoms with van der Waals surface area (Å²) in [4.78, 5) is 34.9. The summed E-state index contributed by atoms with van der Waals surface area (Å²) in [5.41, 5.74) is 0.824. The minimum Gasteiger partial charge on any atom is -0.480 e. The molecule has 6 nitrogen and oxygen atoms in total. The van der Waals surface area contributed by atoms with E-state index in [1.165, 1.54) is 6.92 Å². The SMILES string of the molecule is CC(=O)N[C@@H](C(=O)N[C@H](Cc1cccc(I)c1)C(=O)O)C(C)C. The average Bonchev–Trinajstić information content (AvgIpc) is 2.43. The number of aliphatic carboxylic acids is 1. The van der Waals surface area contributed by atoms with Crippen LogP contribution in [0.4, 0.5) is 0 Å². The number of amides is 2. The number of rotatable bonds is 7. The number of benzene rings is 1. The van der Waals surface area contributed by atoms with E-state index in [9.17, 15) is 19.5 Å². The van der Waals surface area contributed by atoms with Crippen molar-refractivity contribution in [3.63, 3.8) is 0 Å². The van der Waals surface area contributed by atoms with E-state index < -0.39 is 24.0 Å². The monoisotopic (exact) mass is 432 g/mol. The summed E-state index contributed by atoms with van der Waals surface area (Å²) < 4.78 is 0.994. The predicted molar refractivity (Wildman–Crippen MR) is 94.9 cm³/mol. The highest BCUT2D eigenvalue weighted by Gasteiger charge is 2.28. The van der Waals surface area contributed by atoms with Gasteiger partial charge in [0, 0.05) is 16.9 Å². The summed E-state index contributed by atoms with van der Waals surface area (Å²) in [5.74, 6) is -2.08. The Morgan fingerprint density at radius 3 is 2.35 bits per heavy atom. The summed E-state index contributed by atoms with van der Waals surface area (Å²) in [7, 11) is 0. The number of nitrogens with one attached hydrogen (secondary N) is 2. The molecule has 3 N–H and O–H groups in total. The van der Waals surface area contributed by atoms with Crippen LogP contribution >= 0.6 is 22.6 Å². The Balaban J connectivity index is 2.84. The molecule has 0 bridgehead atoms. The maximum Gasteiger partial charge on any atom is 0.326 e. The molecule has 0 fully saturated rings. The second-order valence-electron chi connectivity index (χ2n) is 5.66. The van der Waals surface area contributed by atoms with Gasteiger partial charge in [0.05, 0.1) is 0 Å². The Bertz CT molecular complexity index is 589. The maximum atomic E-state index is 12.3. The zero-order valence-corrected chi connectivity index (χ0v) is 15.5. The number of carboxylic acids is 1. The molecule has 126 valence electrons. The quantitative estimate of drug-likeness (QED) is 0.570. The molecule has 1 aromatic carbocycles. The lowest BCUT2D eigenvalue weighted by atomic mass is 10.0. The smallest absolute Gasteiger partial charge is 0.326 e. The second-order valence-corrected chi connectivity index (χ2v) is 6.90. The molecule has 2 amide bonds. The minimum atomic E-state index is -1.11. The summed E-state index contributed by atoms with van der Waals surface area (Å²) in [6.45, 7) is 4.90. The molecule has 0 saturated carbocycles. The molecular weight excluding hydrogens is 411 g/mol. The van der Waals surface area contributed by atoms with Gasteiger partial charge in [-0.05, 0) is 46.2 Å². The summed E-state index contributed by atoms with van der Waals surface area (Å²) >= 11 is 2.15. The van der Waals surface area contributed by atoms with E-state index >= 15 is 0 Å². The van der Waals surface area contributed by atoms with E-state index in [-0.39, 0.29) is 18.2 Å². The van der Waals surface area contributed by atoms with E-state index in [1.54, 1.807) is 13.8 Å². The van der Waals surface area contributed by atoms with Gasteiger partial charge in [0.25, 0.3) is 0 Å². The first-order chi connectivity index (χ1) is 10.7. The summed E-state index contributed by atoms with van der Waals surface area (Å²) in [6.07, 6.45) is 0.183. The van der Waals surface area contributed by atoms with Crippen LogP contribution in [0.1, 0.15) is 26.3 Å². The van der Waals surface area contributed by atoms with Crippen LogP contribution in [-0.2, 0) is 20.8 Å². The summed E-state index contributed by atoms with van der Waals surface area (Å²) in [6, 6.07) is 5.63. The highest BCUT2D eigenvalue weighted by atomic mass is 127. The molecule has 23 heavy (non-hydrogen) atoms. The van der Waals surface area contributed by atoms with Crippen LogP contribution in [0.15, 0.2) is 24.3 Å². The predicted octanol–water partition coefficient (Wildman–Crippen LogP) is 1.56. The van der Waals surface area contributed by atoms with Crippen LogP contribution in [0.25, 0.3) is 0 Å². The molecule has 0 aliphatic carbocycles. The van der Waals surface area contributed by atoms with Gasteiger partial charge in [0.15, 0.2) is 0 Å². The molecule has 2 atom stereocenters. The van der Waals surface area contributed by atoms with Crippen molar-refractivity contribution in [3.8, 4) is 0 Å². The molecule has 1 aromatic rings. The van der Waals surface area contributed by atoms with Crippen molar-refractivity contribution in [2.45, 2.75) is 39.3 Å². The molecule has 0 radical (unpaired) electrons. The normalized spacial score (nSPS) is 13.3. The highest BCUT2D eigenvalue weighted by Crippen LogP contribution is 2.11. The van der Waals surface area contributed by atoms with Crippen LogP contribution in [0, 0.1) is 9.49 Å². The third-order valence-corrected chi connectivity index (χ3v) is 3.92. The number of hydrogen-bond acceptors (Lipinski definition) is 3. The van der Waals surface area contributed by atoms with Gasteiger partial charge >= 0.3 is 5.97 Å². The average molecular weight is 432 g/mol. The van der Waals surface area contributed by atoms with Crippen molar-refractivity contribution in [1.82, 2.24) is 10.6 Å². The maximum absolute atomic E-state index is 12.3. The second kappa shape index (κ2) is 8.85. The lowest BCUT2D eigenvalue weighted by Gasteiger charge is -2.23. The first-order valence-corrected chi connectivity index (χ1v) is 8.33. The largest absolute Gasteiger partial charge is 0.480 e. The molecule has 0 saturated heterocycles. The molecule has 0 heterocycles. The Labute approximate surface area is 149 Å². The molecule has 0 aliphatic heterocycles. The zero-order chi connectivity index (χ0) is 17.6. The molecule has 0 spiro atoms. The Morgan fingerprint density at radius 1 is 1.22 bits per heavy atom. The standard InChI is InChI=1S/C16H21IN2O4/c1-9(2)14(18-10(3)20)15(21)19-13(16(22)23)8-11-5-4-6-12(17)7-11/h4-7,9,13-14H,8H2,1-3H3,(H,18,20)(H,19,21)(H,22,23)/t13-,14-/m1/s1. The molecule has 0 aromatic heterocycles. The zero-order valence-electron chi connectivity index (χ0n) is 13.3. The van der Waals surface area contributed by atoms with Gasteiger partial charge in [-0.3, -0.25) is 9.59 Å². The van der Waals surface area contributed by atoms with E-state index in [4.69, 9.17) is 0 Å². The molecule has 7 heteroatoms. The lowest BCUT2D eigenvalue weighted by Crippen LogP contribution is -2.53. The fourth-order valence-corrected chi connectivity index (χ4v) is 2.72. The van der Waals surface area contributed by atoms with Gasteiger partial charge < -0.3 is 15.7 Å². The number of halogens is 1. The van der Waals surface area contributed by atoms with Crippen molar-refractivity contribution in [1.29, 1.82) is 0 Å². The van der Waals surface area contributed by atoms with Crippen molar-refractivity contribution in [2.24, 2.45) is 5.92 Å². The molecule has 0 unspecified atom stereocenters. The van der Waals surface area contributed by atoms with E-state index in [0.717, 1.165) is 9.13 Å². The van der Waals surface area contributed by atoms with Crippen molar-refractivity contribution in [2.75, 3.05) is 0 Å². The van der Waals surface area contributed by atoms with Gasteiger partial charge in [-0.15, -0.1) is 0 Å². The van der Waals surface area contributed by atoms with Gasteiger partial charge in [-0.25, -0.2) is 4.79 Å². The Hall–Kier alpha value is -1.64. The highest BCUT2D eigenvalue weighted by molar-refractivity contribution is 14.1. The van der Waals surface area contributed by atoms with E-state index in [2.05, 4.69) is 33.2 Å². The van der Waals surface area contributed by atoms with Crippen LogP contribution in [0.5, 0.6) is 0 Å². The number of carbonyl (C=O) groups is 3. The van der Waals surface area contributed by atoms with Crippen LogP contribution in [-0.4, -0.2) is 35.0 Å². The molecular formula is C16H21IN2O4. The first-order valence-electron chi connectivity index (χ1n) is 7.25. The van der Waals surface area contributed by atoms with Crippen LogP contribution in [0.3, 0.4) is 0 Å². The van der Waals surface area contributed by atoms with Crippen LogP contribution in [0.2, 0.25) is 0 Å². The Kier molecular flexibility index (Phi) is 7.47. The van der Waals surface area contributed by atoms with Crippen molar-refractivity contribution >= 4 is 40.4 Å². The van der Waals surface area contributed by atoms with E-state index in [0.29, 0.717) is 0 Å². The van der Waals surface area contributed by atoms with Gasteiger partial charge in [0.1, 0.15) is 12.1 Å². The van der Waals surface area contributed by atoms with Gasteiger partial charge in [0.2, 0.25) is 11.8 Å². The van der Waals surface area contributed by atoms with Gasteiger partial charge in [-0.1, -0.05) is 26.0 Å². The fourth-order valence-electron chi connectivity index (χ4n) is 2.12. The molecule has 1 rings (SSSR count). The Morgan fingerprint density at radius 2 is 1.87 bits per heavy atom. The number of carboxylic acid groups (broad SMARTS) is 1. The molecule has 0 aliphatic rings. The van der Waals surface area contributed by atoms with E-state index in [1.807, 2.05) is 24.3 Å². The minimum absolute atomic E-state index is 0.147.